The van der Waals surface area contributed by atoms with Gasteiger partial charge < -0.3 is 42.8 Å². The highest BCUT2D eigenvalue weighted by Crippen LogP contribution is 2.73. The second-order valence-electron chi connectivity index (χ2n) is 10.9. The first-order valence-electron chi connectivity index (χ1n) is 13.4. The van der Waals surface area contributed by atoms with Crippen LogP contribution in [0.5, 0.6) is 23.0 Å². The Morgan fingerprint density at radius 1 is 0.927 bits per heavy atom. The van der Waals surface area contributed by atoms with Gasteiger partial charge in [-0.3, -0.25) is 4.79 Å². The van der Waals surface area contributed by atoms with E-state index in [9.17, 15) is 9.59 Å². The summed E-state index contributed by atoms with van der Waals surface area (Å²) in [5.74, 6) is -0.170. The van der Waals surface area contributed by atoms with E-state index in [0.717, 1.165) is 11.1 Å². The molecule has 1 amide bonds. The highest BCUT2D eigenvalue weighted by molar-refractivity contribution is 5.91. The van der Waals surface area contributed by atoms with Gasteiger partial charge in [0.1, 0.15) is 11.6 Å². The lowest BCUT2D eigenvalue weighted by molar-refractivity contribution is -0.338. The topological polar surface area (TPSA) is 111 Å². The molecule has 2 bridgehead atoms. The molecule has 1 spiro atoms. The Balaban J connectivity index is 1.54. The monoisotopic (exact) mass is 569 g/mol. The maximum absolute atomic E-state index is 13.7. The first kappa shape index (κ1) is 27.6. The van der Waals surface area contributed by atoms with Crippen LogP contribution in [-0.4, -0.2) is 90.0 Å². The van der Waals surface area contributed by atoms with E-state index in [2.05, 4.69) is 0 Å². The zero-order valence-electron chi connectivity index (χ0n) is 24.3. The van der Waals surface area contributed by atoms with Crippen LogP contribution in [0.1, 0.15) is 46.9 Å². The number of likely N-dealkylation sites (N-methyl/N-ethyl adjacent to an activating group) is 1. The van der Waals surface area contributed by atoms with Gasteiger partial charge in [-0.1, -0.05) is 6.07 Å². The highest BCUT2D eigenvalue weighted by Gasteiger charge is 2.85. The number of nitrogens with zero attached hydrogens (tertiary/aromatic N) is 1. The highest BCUT2D eigenvalue weighted by atomic mass is 16.7. The Kier molecular flexibility index (Phi) is 6.40. The molecule has 220 valence electrons. The molecule has 11 heteroatoms. The summed E-state index contributed by atoms with van der Waals surface area (Å²) in [6.45, 7) is 0. The van der Waals surface area contributed by atoms with E-state index in [1.807, 2.05) is 12.1 Å². The second kappa shape index (κ2) is 9.50. The SMILES string of the molecule is COc1ccc(C(=O)O[C@H]2C[C@]34CC(=O)N(C)[C@@]35C[C@H](O[C@@]5(OC)[C@H]2OC)c2ccc(OC)c(OC)c24)cc1OC. The van der Waals surface area contributed by atoms with Crippen LogP contribution in [0.3, 0.4) is 0 Å². The molecule has 2 saturated heterocycles. The molecule has 3 fully saturated rings. The average molecular weight is 570 g/mol. The first-order chi connectivity index (χ1) is 19.7. The van der Waals surface area contributed by atoms with Crippen molar-refractivity contribution in [2.24, 2.45) is 0 Å². The predicted octanol–water partition coefficient (Wildman–Crippen LogP) is 3.02. The van der Waals surface area contributed by atoms with E-state index in [4.69, 9.17) is 37.9 Å². The number of carbonyl (C=O) groups is 2. The minimum absolute atomic E-state index is 0.0740. The number of hydrogen-bond acceptors (Lipinski definition) is 10. The standard InChI is InChI=1S/C30H35NO10/c1-31-23(32)15-28-13-22(40-27(33)16-8-10-18(34-2)20(12-16)36-4)26(38-6)30(39-7)29(28,31)14-21(41-30)17-9-11-19(35-3)25(37-5)24(17)28/h8-12,21-22,26H,13-15H2,1-7H3/t21-,22-,26-,28+,29-,30-/m0/s1. The van der Waals surface area contributed by atoms with Gasteiger partial charge in [-0.15, -0.1) is 0 Å². The van der Waals surface area contributed by atoms with Gasteiger partial charge in [0.15, 0.2) is 29.1 Å². The second-order valence-corrected chi connectivity index (χ2v) is 10.9. The van der Waals surface area contributed by atoms with Gasteiger partial charge in [-0.2, -0.15) is 0 Å². The third-order valence-corrected chi connectivity index (χ3v) is 9.67. The Hall–Kier alpha value is -3.54. The fourth-order valence-corrected chi connectivity index (χ4v) is 8.14. The Morgan fingerprint density at radius 2 is 1.63 bits per heavy atom. The van der Waals surface area contributed by atoms with E-state index < -0.39 is 41.0 Å². The molecular weight excluding hydrogens is 534 g/mol. The Morgan fingerprint density at radius 3 is 2.27 bits per heavy atom. The van der Waals surface area contributed by atoms with Crippen molar-refractivity contribution in [2.75, 3.05) is 49.7 Å². The van der Waals surface area contributed by atoms with Crippen LogP contribution in [0.15, 0.2) is 30.3 Å². The maximum Gasteiger partial charge on any atom is 0.338 e. The third kappa shape index (κ3) is 3.25. The molecule has 2 aliphatic heterocycles. The summed E-state index contributed by atoms with van der Waals surface area (Å²) in [7, 11) is 11.0. The third-order valence-electron chi connectivity index (χ3n) is 9.67. The minimum atomic E-state index is -1.45. The molecule has 0 radical (unpaired) electrons. The molecule has 11 nitrogen and oxygen atoms in total. The van der Waals surface area contributed by atoms with Crippen LogP contribution in [0, 0.1) is 0 Å². The van der Waals surface area contributed by atoms with Crippen LogP contribution in [0.4, 0.5) is 0 Å². The molecule has 2 heterocycles. The zero-order valence-corrected chi connectivity index (χ0v) is 24.3. The number of likely N-dealkylation sites (tertiary alicyclic amines) is 1. The quantitative estimate of drug-likeness (QED) is 0.440. The zero-order chi connectivity index (χ0) is 29.3. The number of benzene rings is 2. The molecule has 4 aliphatic rings. The van der Waals surface area contributed by atoms with Crippen LogP contribution >= 0.6 is 0 Å². The molecule has 0 aromatic heterocycles. The lowest BCUT2D eigenvalue weighted by Gasteiger charge is -2.61. The molecule has 0 unspecified atom stereocenters. The van der Waals surface area contributed by atoms with Crippen molar-refractivity contribution in [3.8, 4) is 23.0 Å². The van der Waals surface area contributed by atoms with Gasteiger partial charge in [0.2, 0.25) is 11.7 Å². The summed E-state index contributed by atoms with van der Waals surface area (Å²) >= 11 is 0. The van der Waals surface area contributed by atoms with Crippen LogP contribution in [0.2, 0.25) is 0 Å². The van der Waals surface area contributed by atoms with Crippen molar-refractivity contribution in [1.82, 2.24) is 4.90 Å². The maximum atomic E-state index is 13.7. The van der Waals surface area contributed by atoms with Crippen LogP contribution < -0.4 is 18.9 Å². The summed E-state index contributed by atoms with van der Waals surface area (Å²) in [4.78, 5) is 29.1. The van der Waals surface area contributed by atoms with Crippen molar-refractivity contribution < 1.29 is 47.5 Å². The predicted molar refractivity (Wildman–Crippen MR) is 144 cm³/mol. The molecule has 6 rings (SSSR count). The average Bonchev–Trinajstić information content (AvgIpc) is 3.45. The van der Waals surface area contributed by atoms with Crippen molar-refractivity contribution in [3.05, 3.63) is 47.0 Å². The number of fused-ring (bicyclic) bond motifs is 3. The number of carbonyl (C=O) groups excluding carboxylic acids is 2. The fraction of sp³-hybridized carbons (Fsp3) is 0.533. The first-order valence-corrected chi connectivity index (χ1v) is 13.4. The largest absolute Gasteiger partial charge is 0.493 e. The van der Waals surface area contributed by atoms with Crippen LogP contribution in [-0.2, 0) is 29.2 Å². The van der Waals surface area contributed by atoms with Gasteiger partial charge in [0, 0.05) is 45.1 Å². The molecule has 0 N–H and O–H groups in total. The van der Waals surface area contributed by atoms with Crippen molar-refractivity contribution in [1.29, 1.82) is 0 Å². The lowest BCUT2D eigenvalue weighted by atomic mass is 9.50. The number of hydrogen-bond donors (Lipinski definition) is 0. The Labute approximate surface area is 238 Å². The van der Waals surface area contributed by atoms with E-state index in [1.165, 1.54) is 21.3 Å². The lowest BCUT2D eigenvalue weighted by Crippen LogP contribution is -2.78. The van der Waals surface area contributed by atoms with E-state index >= 15 is 0 Å². The molecule has 6 atom stereocenters. The summed E-state index contributed by atoms with van der Waals surface area (Å²) in [5.41, 5.74) is 0.107. The molecule has 2 aromatic carbocycles. The summed E-state index contributed by atoms with van der Waals surface area (Å²) in [6, 6.07) is 8.61. The van der Waals surface area contributed by atoms with Gasteiger partial charge in [0.05, 0.1) is 40.1 Å². The Bertz CT molecular complexity index is 1410. The van der Waals surface area contributed by atoms with Gasteiger partial charge in [0.25, 0.3) is 0 Å². The van der Waals surface area contributed by atoms with Crippen LogP contribution in [0.25, 0.3) is 0 Å². The normalized spacial score (nSPS) is 32.7. The molecular formula is C30H35NO10. The number of rotatable bonds is 8. The van der Waals surface area contributed by atoms with Gasteiger partial charge in [-0.05, 0) is 36.2 Å². The summed E-state index contributed by atoms with van der Waals surface area (Å²) < 4.78 is 47.8. The van der Waals surface area contributed by atoms with E-state index in [1.54, 1.807) is 51.5 Å². The van der Waals surface area contributed by atoms with Gasteiger partial charge in [-0.25, -0.2) is 4.79 Å². The van der Waals surface area contributed by atoms with E-state index in [0.29, 0.717) is 29.4 Å². The summed E-state index contributed by atoms with van der Waals surface area (Å²) in [5, 5.41) is 0. The number of ether oxygens (including phenoxy) is 8. The molecule has 2 aromatic rings. The van der Waals surface area contributed by atoms with Gasteiger partial charge >= 0.3 is 5.97 Å². The minimum Gasteiger partial charge on any atom is -0.493 e. The van der Waals surface area contributed by atoms with Crippen molar-refractivity contribution >= 4 is 11.9 Å². The summed E-state index contributed by atoms with van der Waals surface area (Å²) in [6.07, 6.45) is -1.25. The molecule has 2 aliphatic carbocycles. The smallest absolute Gasteiger partial charge is 0.338 e. The number of amides is 1. The van der Waals surface area contributed by atoms with Crippen molar-refractivity contribution in [2.45, 2.75) is 54.3 Å². The number of esters is 1. The molecule has 1 saturated carbocycles. The van der Waals surface area contributed by atoms with E-state index in [-0.39, 0.29) is 24.3 Å². The fourth-order valence-electron chi connectivity index (χ4n) is 8.14. The number of methoxy groups -OCH3 is 6. The van der Waals surface area contributed by atoms with Crippen molar-refractivity contribution in [3.63, 3.8) is 0 Å². The molecule has 41 heavy (non-hydrogen) atoms.